The van der Waals surface area contributed by atoms with Gasteiger partial charge in [-0.1, -0.05) is 30.3 Å². The molecule has 0 spiro atoms. The van der Waals surface area contributed by atoms with Gasteiger partial charge in [0.15, 0.2) is 0 Å². The van der Waals surface area contributed by atoms with Gasteiger partial charge in [-0.15, -0.1) is 0 Å². The Hall–Kier alpha value is -1.77. The predicted molar refractivity (Wildman–Crippen MR) is 71.3 cm³/mol. The summed E-state index contributed by atoms with van der Waals surface area (Å²) in [7, 11) is 0. The highest BCUT2D eigenvalue weighted by atomic mass is 15.1. The van der Waals surface area contributed by atoms with Gasteiger partial charge in [-0.2, -0.15) is 5.10 Å². The molecule has 90 valence electrons. The maximum atomic E-state index is 4.17. The average molecular weight is 229 g/mol. The van der Waals surface area contributed by atoms with E-state index in [0.717, 1.165) is 36.5 Å². The van der Waals surface area contributed by atoms with Crippen molar-refractivity contribution in [2.75, 3.05) is 11.9 Å². The van der Waals surface area contributed by atoms with Crippen molar-refractivity contribution in [3.63, 3.8) is 0 Å². The summed E-state index contributed by atoms with van der Waals surface area (Å²) < 4.78 is 0. The van der Waals surface area contributed by atoms with Crippen molar-refractivity contribution in [3.05, 3.63) is 47.3 Å². The van der Waals surface area contributed by atoms with E-state index < -0.39 is 0 Å². The molecule has 0 unspecified atom stereocenters. The normalized spacial score (nSPS) is 10.5. The molecule has 3 heteroatoms. The molecule has 2 N–H and O–H groups in total. The first-order chi connectivity index (χ1) is 8.27. The van der Waals surface area contributed by atoms with Gasteiger partial charge >= 0.3 is 0 Å². The van der Waals surface area contributed by atoms with E-state index in [2.05, 4.69) is 45.8 Å². The van der Waals surface area contributed by atoms with Gasteiger partial charge in [-0.3, -0.25) is 5.10 Å². The first-order valence-electron chi connectivity index (χ1n) is 6.07. The molecule has 0 aliphatic heterocycles. The van der Waals surface area contributed by atoms with Crippen LogP contribution in [-0.2, 0) is 6.42 Å². The second kappa shape index (κ2) is 5.53. The standard InChI is InChI=1S/C14H19N3/c1-11-14(12(2)17-16-11)15-10-6-9-13-7-4-3-5-8-13/h3-5,7-8,15H,6,9-10H2,1-2H3,(H,16,17). The fraction of sp³-hybridized carbons (Fsp3) is 0.357. The molecule has 2 aromatic rings. The van der Waals surface area contributed by atoms with Crippen LogP contribution in [0.15, 0.2) is 30.3 Å². The van der Waals surface area contributed by atoms with E-state index in [1.807, 2.05) is 13.8 Å². The molecule has 0 radical (unpaired) electrons. The maximum absolute atomic E-state index is 4.17. The number of aromatic nitrogens is 2. The Labute approximate surface area is 102 Å². The van der Waals surface area contributed by atoms with Crippen molar-refractivity contribution in [2.45, 2.75) is 26.7 Å². The van der Waals surface area contributed by atoms with Crippen LogP contribution in [0.2, 0.25) is 0 Å². The minimum absolute atomic E-state index is 0.982. The summed E-state index contributed by atoms with van der Waals surface area (Å²) in [5, 5.41) is 10.6. The molecule has 1 heterocycles. The molecule has 0 aliphatic rings. The number of H-pyrrole nitrogens is 1. The van der Waals surface area contributed by atoms with Crippen molar-refractivity contribution < 1.29 is 0 Å². The Bertz CT molecular complexity index is 440. The lowest BCUT2D eigenvalue weighted by atomic mass is 10.1. The van der Waals surface area contributed by atoms with Crippen LogP contribution >= 0.6 is 0 Å². The topological polar surface area (TPSA) is 40.7 Å². The first kappa shape index (κ1) is 11.7. The number of nitrogens with zero attached hydrogens (tertiary/aromatic N) is 1. The third-order valence-corrected chi connectivity index (χ3v) is 2.91. The molecule has 2 rings (SSSR count). The molecule has 0 saturated heterocycles. The van der Waals surface area contributed by atoms with Crippen molar-refractivity contribution in [1.82, 2.24) is 10.2 Å². The zero-order chi connectivity index (χ0) is 12.1. The number of nitrogens with one attached hydrogen (secondary N) is 2. The monoisotopic (exact) mass is 229 g/mol. The molecular formula is C14H19N3. The molecule has 0 saturated carbocycles. The maximum Gasteiger partial charge on any atom is 0.0825 e. The quantitative estimate of drug-likeness (QED) is 0.774. The lowest BCUT2D eigenvalue weighted by molar-refractivity contribution is 0.861. The van der Waals surface area contributed by atoms with Crippen molar-refractivity contribution in [1.29, 1.82) is 0 Å². The van der Waals surface area contributed by atoms with Crippen LogP contribution in [0.5, 0.6) is 0 Å². The fourth-order valence-electron chi connectivity index (χ4n) is 1.96. The minimum Gasteiger partial charge on any atom is -0.382 e. The Balaban J connectivity index is 1.77. The van der Waals surface area contributed by atoms with Gasteiger partial charge in [-0.25, -0.2) is 0 Å². The number of aryl methyl sites for hydroxylation is 3. The summed E-state index contributed by atoms with van der Waals surface area (Å²) in [5.74, 6) is 0. The number of hydrogen-bond donors (Lipinski definition) is 2. The molecule has 1 aromatic heterocycles. The van der Waals surface area contributed by atoms with E-state index in [1.165, 1.54) is 5.56 Å². The molecule has 17 heavy (non-hydrogen) atoms. The van der Waals surface area contributed by atoms with E-state index in [9.17, 15) is 0 Å². The Morgan fingerprint density at radius 3 is 2.59 bits per heavy atom. The Morgan fingerprint density at radius 2 is 1.94 bits per heavy atom. The van der Waals surface area contributed by atoms with Gasteiger partial charge in [0.25, 0.3) is 0 Å². The van der Waals surface area contributed by atoms with Crippen LogP contribution < -0.4 is 5.32 Å². The van der Waals surface area contributed by atoms with Gasteiger partial charge < -0.3 is 5.32 Å². The zero-order valence-corrected chi connectivity index (χ0v) is 10.5. The van der Waals surface area contributed by atoms with E-state index in [1.54, 1.807) is 0 Å². The smallest absolute Gasteiger partial charge is 0.0825 e. The summed E-state index contributed by atoms with van der Waals surface area (Å²) in [5.41, 5.74) is 4.71. The minimum atomic E-state index is 0.982. The predicted octanol–water partition coefficient (Wildman–Crippen LogP) is 3.07. The molecule has 0 amide bonds. The van der Waals surface area contributed by atoms with Gasteiger partial charge in [0.05, 0.1) is 17.1 Å². The highest BCUT2D eigenvalue weighted by Crippen LogP contribution is 2.15. The highest BCUT2D eigenvalue weighted by molar-refractivity contribution is 5.51. The summed E-state index contributed by atoms with van der Waals surface area (Å²) in [6.45, 7) is 5.04. The Kier molecular flexibility index (Phi) is 3.81. The van der Waals surface area contributed by atoms with Crippen LogP contribution in [0.3, 0.4) is 0 Å². The van der Waals surface area contributed by atoms with E-state index in [4.69, 9.17) is 0 Å². The van der Waals surface area contributed by atoms with Crippen molar-refractivity contribution in [2.24, 2.45) is 0 Å². The second-order valence-corrected chi connectivity index (χ2v) is 4.32. The summed E-state index contributed by atoms with van der Waals surface area (Å²) in [6, 6.07) is 10.6. The van der Waals surface area contributed by atoms with E-state index in [-0.39, 0.29) is 0 Å². The molecule has 3 nitrogen and oxygen atoms in total. The number of hydrogen-bond acceptors (Lipinski definition) is 2. The largest absolute Gasteiger partial charge is 0.382 e. The summed E-state index contributed by atoms with van der Waals surface area (Å²) >= 11 is 0. The third-order valence-electron chi connectivity index (χ3n) is 2.91. The van der Waals surface area contributed by atoms with E-state index in [0.29, 0.717) is 0 Å². The number of rotatable bonds is 5. The highest BCUT2D eigenvalue weighted by Gasteiger charge is 2.04. The lowest BCUT2D eigenvalue weighted by Gasteiger charge is -2.06. The van der Waals surface area contributed by atoms with Crippen LogP contribution in [0.4, 0.5) is 5.69 Å². The van der Waals surface area contributed by atoms with Gasteiger partial charge in [-0.05, 0) is 32.3 Å². The second-order valence-electron chi connectivity index (χ2n) is 4.32. The molecule has 0 aliphatic carbocycles. The summed E-state index contributed by atoms with van der Waals surface area (Å²) in [6.07, 6.45) is 2.25. The Morgan fingerprint density at radius 1 is 1.18 bits per heavy atom. The summed E-state index contributed by atoms with van der Waals surface area (Å²) in [4.78, 5) is 0. The van der Waals surface area contributed by atoms with Gasteiger partial charge in [0.2, 0.25) is 0 Å². The third kappa shape index (κ3) is 3.09. The fourth-order valence-corrected chi connectivity index (χ4v) is 1.96. The number of anilines is 1. The van der Waals surface area contributed by atoms with Gasteiger partial charge in [0.1, 0.15) is 0 Å². The SMILES string of the molecule is Cc1n[nH]c(C)c1NCCCc1ccccc1. The van der Waals surface area contributed by atoms with Crippen LogP contribution in [0.1, 0.15) is 23.4 Å². The van der Waals surface area contributed by atoms with E-state index >= 15 is 0 Å². The lowest BCUT2D eigenvalue weighted by Crippen LogP contribution is -2.04. The molecule has 0 atom stereocenters. The first-order valence-corrected chi connectivity index (χ1v) is 6.07. The molecular weight excluding hydrogens is 210 g/mol. The zero-order valence-electron chi connectivity index (χ0n) is 10.5. The van der Waals surface area contributed by atoms with Crippen molar-refractivity contribution in [3.8, 4) is 0 Å². The van der Waals surface area contributed by atoms with Crippen LogP contribution in [-0.4, -0.2) is 16.7 Å². The average Bonchev–Trinajstić information content (AvgIpc) is 2.67. The van der Waals surface area contributed by atoms with Gasteiger partial charge in [0, 0.05) is 6.54 Å². The van der Waals surface area contributed by atoms with Crippen molar-refractivity contribution >= 4 is 5.69 Å². The number of aromatic amines is 1. The molecule has 1 aromatic carbocycles. The molecule has 0 fully saturated rings. The van der Waals surface area contributed by atoms with Crippen LogP contribution in [0.25, 0.3) is 0 Å². The van der Waals surface area contributed by atoms with Crippen LogP contribution in [0, 0.1) is 13.8 Å². The molecule has 0 bridgehead atoms. The number of benzene rings is 1.